The molecule has 3 aromatic rings. The van der Waals surface area contributed by atoms with Gasteiger partial charge in [0.25, 0.3) is 11.7 Å². The molecule has 1 aliphatic rings. The van der Waals surface area contributed by atoms with Gasteiger partial charge in [0.15, 0.2) is 17.2 Å². The fourth-order valence-corrected chi connectivity index (χ4v) is 4.89. The van der Waals surface area contributed by atoms with Crippen LogP contribution >= 0.6 is 23.2 Å². The Labute approximate surface area is 226 Å². The Morgan fingerprint density at radius 3 is 2.26 bits per heavy atom. The van der Waals surface area contributed by atoms with Crippen LogP contribution in [0.2, 0.25) is 10.0 Å². The van der Waals surface area contributed by atoms with Gasteiger partial charge in [0.2, 0.25) is 0 Å². The fraction of sp³-hybridized carbons (Fsp3) is 0.185. The van der Waals surface area contributed by atoms with Crippen molar-refractivity contribution in [3.05, 3.63) is 86.9 Å². The molecule has 0 aromatic heterocycles. The van der Waals surface area contributed by atoms with E-state index in [1.165, 1.54) is 44.6 Å². The summed E-state index contributed by atoms with van der Waals surface area (Å²) in [6.07, 6.45) is 0. The molecular weight excluding hydrogens is 543 g/mol. The normalized spacial score (nSPS) is 16.6. The van der Waals surface area contributed by atoms with Gasteiger partial charge in [0.05, 0.1) is 48.2 Å². The minimum atomic E-state index is -1.38. The molecule has 1 heterocycles. The van der Waals surface area contributed by atoms with Crippen LogP contribution in [0.3, 0.4) is 0 Å². The Kier molecular flexibility index (Phi) is 7.80. The minimum Gasteiger partial charge on any atom is -0.507 e. The van der Waals surface area contributed by atoms with Crippen LogP contribution in [0.25, 0.3) is 5.76 Å². The highest BCUT2D eigenvalue weighted by molar-refractivity contribution is 6.51. The summed E-state index contributed by atoms with van der Waals surface area (Å²) < 4.78 is 45.2. The van der Waals surface area contributed by atoms with Gasteiger partial charge in [-0.2, -0.15) is 0 Å². The first-order chi connectivity index (χ1) is 18.1. The molecule has 11 heteroatoms. The number of hydrogen-bond donors (Lipinski definition) is 1. The average molecular weight is 564 g/mol. The molecule has 0 bridgehead atoms. The topological polar surface area (TPSA) is 85.3 Å². The quantitative estimate of drug-likeness (QED) is 0.206. The van der Waals surface area contributed by atoms with E-state index in [2.05, 4.69) is 0 Å². The molecule has 1 atom stereocenters. The van der Waals surface area contributed by atoms with Crippen LogP contribution in [0.1, 0.15) is 24.1 Å². The standard InChI is InChI=1S/C27H21Cl2F2NO6/c1-4-38-21-11-13(5-8-20(21)36-2)23-22(24(33)14-9-16(28)26(37-3)17(29)10-14)25(34)27(35)32(23)19-12-15(30)6-7-18(19)31/h5-12,23,33H,4H2,1-3H3/b24-22+. The maximum atomic E-state index is 14.9. The van der Waals surface area contributed by atoms with Gasteiger partial charge in [0.1, 0.15) is 17.4 Å². The Hall–Kier alpha value is -3.82. The molecule has 1 amide bonds. The third-order valence-corrected chi connectivity index (χ3v) is 6.45. The van der Waals surface area contributed by atoms with E-state index in [0.29, 0.717) is 5.75 Å². The summed E-state index contributed by atoms with van der Waals surface area (Å²) in [6, 6.07) is 8.27. The van der Waals surface area contributed by atoms with E-state index < -0.39 is 46.4 Å². The second kappa shape index (κ2) is 10.9. The lowest BCUT2D eigenvalue weighted by Gasteiger charge is -2.26. The summed E-state index contributed by atoms with van der Waals surface area (Å²) in [4.78, 5) is 27.4. The number of hydrogen-bond acceptors (Lipinski definition) is 6. The molecule has 1 unspecified atom stereocenters. The van der Waals surface area contributed by atoms with Gasteiger partial charge in [-0.1, -0.05) is 29.3 Å². The SMILES string of the molecule is CCOc1cc(C2/C(=C(\O)c3cc(Cl)c(OC)c(Cl)c3)C(=O)C(=O)N2c2cc(F)ccc2F)ccc1OC. The molecule has 7 nitrogen and oxygen atoms in total. The Morgan fingerprint density at radius 1 is 0.974 bits per heavy atom. The van der Waals surface area contributed by atoms with Gasteiger partial charge < -0.3 is 19.3 Å². The number of Topliss-reactive ketones (excluding diaryl/α,β-unsaturated/α-hetero) is 1. The summed E-state index contributed by atoms with van der Waals surface area (Å²) in [6.45, 7) is 2.01. The van der Waals surface area contributed by atoms with E-state index in [4.69, 9.17) is 37.4 Å². The molecule has 1 saturated heterocycles. The van der Waals surface area contributed by atoms with E-state index >= 15 is 0 Å². The Bertz CT molecular complexity index is 1450. The first-order valence-electron chi connectivity index (χ1n) is 11.2. The van der Waals surface area contributed by atoms with Crippen molar-refractivity contribution in [1.29, 1.82) is 0 Å². The Morgan fingerprint density at radius 2 is 1.66 bits per heavy atom. The molecule has 1 fully saturated rings. The van der Waals surface area contributed by atoms with Gasteiger partial charge in [0, 0.05) is 11.6 Å². The molecule has 38 heavy (non-hydrogen) atoms. The summed E-state index contributed by atoms with van der Waals surface area (Å²) in [7, 11) is 2.79. The second-order valence-electron chi connectivity index (χ2n) is 8.08. The number of amides is 1. The molecule has 1 N–H and O–H groups in total. The van der Waals surface area contributed by atoms with Crippen LogP contribution < -0.4 is 19.1 Å². The van der Waals surface area contributed by atoms with Crippen molar-refractivity contribution < 1.29 is 37.7 Å². The summed E-state index contributed by atoms with van der Waals surface area (Å²) in [5.74, 6) is -3.96. The van der Waals surface area contributed by atoms with Crippen LogP contribution in [-0.4, -0.2) is 37.6 Å². The van der Waals surface area contributed by atoms with Gasteiger partial charge in [-0.05, 0) is 48.9 Å². The highest BCUT2D eigenvalue weighted by Crippen LogP contribution is 2.46. The zero-order valence-electron chi connectivity index (χ0n) is 20.4. The minimum absolute atomic E-state index is 0.00191. The van der Waals surface area contributed by atoms with E-state index in [-0.39, 0.29) is 39.3 Å². The number of nitrogens with zero attached hydrogens (tertiary/aromatic N) is 1. The largest absolute Gasteiger partial charge is 0.507 e. The lowest BCUT2D eigenvalue weighted by atomic mass is 9.94. The number of carbonyl (C=O) groups excluding carboxylic acids is 2. The maximum absolute atomic E-state index is 14.9. The molecular formula is C27H21Cl2F2NO6. The summed E-state index contributed by atoms with van der Waals surface area (Å²) in [5, 5.41) is 11.4. The number of aliphatic hydroxyl groups is 1. The van der Waals surface area contributed by atoms with Crippen molar-refractivity contribution in [1.82, 2.24) is 0 Å². The van der Waals surface area contributed by atoms with Crippen molar-refractivity contribution in [3.8, 4) is 17.2 Å². The van der Waals surface area contributed by atoms with Crippen LogP contribution in [0.4, 0.5) is 14.5 Å². The summed E-state index contributed by atoms with van der Waals surface area (Å²) in [5.41, 5.74) is -0.634. The summed E-state index contributed by atoms with van der Waals surface area (Å²) >= 11 is 12.5. The number of methoxy groups -OCH3 is 2. The third kappa shape index (κ3) is 4.75. The van der Waals surface area contributed by atoms with Crippen LogP contribution in [0.15, 0.2) is 54.1 Å². The van der Waals surface area contributed by atoms with Gasteiger partial charge >= 0.3 is 0 Å². The molecule has 0 saturated carbocycles. The van der Waals surface area contributed by atoms with Gasteiger partial charge in [-0.15, -0.1) is 0 Å². The highest BCUT2D eigenvalue weighted by atomic mass is 35.5. The predicted octanol–water partition coefficient (Wildman–Crippen LogP) is 6.31. The molecule has 1 aliphatic heterocycles. The lowest BCUT2D eigenvalue weighted by molar-refractivity contribution is -0.132. The fourth-order valence-electron chi connectivity index (χ4n) is 4.25. The number of ether oxygens (including phenoxy) is 3. The van der Waals surface area contributed by atoms with E-state index in [1.807, 2.05) is 0 Å². The first kappa shape index (κ1) is 27.2. The number of ketones is 1. The molecule has 0 radical (unpaired) electrons. The van der Waals surface area contributed by atoms with E-state index in [0.717, 1.165) is 23.1 Å². The Balaban J connectivity index is 2.02. The molecule has 3 aromatic carbocycles. The lowest BCUT2D eigenvalue weighted by Crippen LogP contribution is -2.30. The van der Waals surface area contributed by atoms with E-state index in [1.54, 1.807) is 6.92 Å². The molecule has 4 rings (SSSR count). The van der Waals surface area contributed by atoms with Crippen molar-refractivity contribution >= 4 is 46.3 Å². The smallest absolute Gasteiger partial charge is 0.300 e. The number of anilines is 1. The van der Waals surface area contributed by atoms with Crippen molar-refractivity contribution in [3.63, 3.8) is 0 Å². The highest BCUT2D eigenvalue weighted by Gasteiger charge is 2.48. The molecule has 198 valence electrons. The number of benzene rings is 3. The van der Waals surface area contributed by atoms with Crippen molar-refractivity contribution in [2.45, 2.75) is 13.0 Å². The maximum Gasteiger partial charge on any atom is 0.300 e. The van der Waals surface area contributed by atoms with Crippen molar-refractivity contribution in [2.75, 3.05) is 25.7 Å². The second-order valence-corrected chi connectivity index (χ2v) is 8.90. The third-order valence-electron chi connectivity index (χ3n) is 5.89. The number of rotatable bonds is 7. The number of carbonyl (C=O) groups is 2. The molecule has 0 spiro atoms. The zero-order chi connectivity index (χ0) is 27.7. The van der Waals surface area contributed by atoms with Crippen LogP contribution in [-0.2, 0) is 9.59 Å². The number of aliphatic hydroxyl groups excluding tert-OH is 1. The predicted molar refractivity (Wildman–Crippen MR) is 138 cm³/mol. The average Bonchev–Trinajstić information content (AvgIpc) is 3.15. The first-order valence-corrected chi connectivity index (χ1v) is 12.0. The van der Waals surface area contributed by atoms with Gasteiger partial charge in [-0.25, -0.2) is 8.78 Å². The number of halogens is 4. The zero-order valence-corrected chi connectivity index (χ0v) is 21.9. The monoisotopic (exact) mass is 563 g/mol. The molecule has 0 aliphatic carbocycles. The van der Waals surface area contributed by atoms with Crippen LogP contribution in [0.5, 0.6) is 17.2 Å². The van der Waals surface area contributed by atoms with Gasteiger partial charge in [-0.3, -0.25) is 14.5 Å². The van der Waals surface area contributed by atoms with Crippen LogP contribution in [0, 0.1) is 11.6 Å². The van der Waals surface area contributed by atoms with Crippen molar-refractivity contribution in [2.24, 2.45) is 0 Å². The van der Waals surface area contributed by atoms with E-state index in [9.17, 15) is 23.5 Å².